The molecule has 0 aromatic carbocycles. The molecule has 1 aliphatic rings. The Kier molecular flexibility index (Phi) is 4.65. The minimum atomic E-state index is -0.615. The summed E-state index contributed by atoms with van der Waals surface area (Å²) in [6.45, 7) is 3.19. The predicted octanol–water partition coefficient (Wildman–Crippen LogP) is 3.24. The summed E-state index contributed by atoms with van der Waals surface area (Å²) in [6.07, 6.45) is 6.33. The van der Waals surface area contributed by atoms with E-state index in [0.29, 0.717) is 22.1 Å². The lowest BCUT2D eigenvalue weighted by atomic mass is 10.2. The molecule has 0 spiro atoms. The third-order valence-electron chi connectivity index (χ3n) is 4.62. The molecule has 3 aromatic rings. The number of halogens is 2. The van der Waals surface area contributed by atoms with E-state index in [9.17, 15) is 9.18 Å². The first-order valence-corrected chi connectivity index (χ1v) is 9.11. The number of anilines is 1. The molecular formula is C18H18ClFN6O. The number of carbonyl (C=O) groups is 1. The molecule has 4 rings (SSSR count). The number of likely N-dealkylation sites (tertiary alicyclic amines) is 1. The zero-order valence-electron chi connectivity index (χ0n) is 14.7. The maximum Gasteiger partial charge on any atom is 0.244 e. The fourth-order valence-electron chi connectivity index (χ4n) is 3.24. The zero-order valence-corrected chi connectivity index (χ0v) is 15.4. The second-order valence-electron chi connectivity index (χ2n) is 6.54. The third kappa shape index (κ3) is 3.44. The Bertz CT molecular complexity index is 1000. The molecule has 0 unspecified atom stereocenters. The van der Waals surface area contributed by atoms with Crippen LogP contribution in [0.15, 0.2) is 24.7 Å². The number of nitrogens with one attached hydrogen (secondary N) is 2. The summed E-state index contributed by atoms with van der Waals surface area (Å²) in [5.41, 5.74) is 1.29. The summed E-state index contributed by atoms with van der Waals surface area (Å²) in [6, 6.07) is 1.16. The number of hydrogen-bond acceptors (Lipinski definition) is 5. The van der Waals surface area contributed by atoms with Crippen LogP contribution >= 0.6 is 11.6 Å². The topological polar surface area (TPSA) is 86.8 Å². The number of aromatic nitrogens is 4. The molecular weight excluding hydrogens is 371 g/mol. The molecule has 0 bridgehead atoms. The molecule has 4 heterocycles. The van der Waals surface area contributed by atoms with Crippen molar-refractivity contribution in [3.8, 4) is 11.4 Å². The van der Waals surface area contributed by atoms with Gasteiger partial charge in [0.05, 0.1) is 11.2 Å². The second-order valence-corrected chi connectivity index (χ2v) is 6.98. The molecule has 140 valence electrons. The van der Waals surface area contributed by atoms with Crippen LogP contribution in [-0.2, 0) is 4.79 Å². The normalized spacial score (nSPS) is 15.3. The number of carbonyl (C=O) groups excluding carboxylic acids is 1. The van der Waals surface area contributed by atoms with Crippen LogP contribution in [0.5, 0.6) is 0 Å². The van der Waals surface area contributed by atoms with Crippen LogP contribution in [0, 0.1) is 5.82 Å². The van der Waals surface area contributed by atoms with Crippen LogP contribution in [0.1, 0.15) is 19.8 Å². The van der Waals surface area contributed by atoms with E-state index in [1.807, 2.05) is 0 Å². The van der Waals surface area contributed by atoms with Crippen LogP contribution in [0.2, 0.25) is 5.02 Å². The summed E-state index contributed by atoms with van der Waals surface area (Å²) in [5.74, 6) is -0.370. The molecule has 0 aliphatic carbocycles. The summed E-state index contributed by atoms with van der Waals surface area (Å²) >= 11 is 6.03. The highest BCUT2D eigenvalue weighted by Gasteiger charge is 2.24. The van der Waals surface area contributed by atoms with Gasteiger partial charge in [0.1, 0.15) is 11.7 Å². The lowest BCUT2D eigenvalue weighted by Crippen LogP contribution is -2.40. The van der Waals surface area contributed by atoms with Crippen molar-refractivity contribution in [2.24, 2.45) is 0 Å². The third-order valence-corrected chi connectivity index (χ3v) is 4.83. The number of H-pyrrole nitrogens is 1. The van der Waals surface area contributed by atoms with Gasteiger partial charge in [0, 0.05) is 36.4 Å². The molecule has 3 aromatic heterocycles. The number of pyridine rings is 1. The Hall–Kier alpha value is -2.74. The first kappa shape index (κ1) is 17.7. The molecule has 1 aliphatic heterocycles. The van der Waals surface area contributed by atoms with Gasteiger partial charge < -0.3 is 15.2 Å². The first-order valence-electron chi connectivity index (χ1n) is 8.74. The minimum Gasteiger partial charge on any atom is -0.356 e. The maximum atomic E-state index is 14.2. The van der Waals surface area contributed by atoms with Crippen LogP contribution in [0.25, 0.3) is 22.4 Å². The smallest absolute Gasteiger partial charge is 0.244 e. The lowest BCUT2D eigenvalue weighted by molar-refractivity contribution is -0.130. The maximum absolute atomic E-state index is 14.2. The van der Waals surface area contributed by atoms with Crippen molar-refractivity contribution in [1.29, 1.82) is 0 Å². The van der Waals surface area contributed by atoms with E-state index in [1.165, 1.54) is 6.20 Å². The second kappa shape index (κ2) is 7.11. The number of rotatable bonds is 4. The molecule has 1 atom stereocenters. The van der Waals surface area contributed by atoms with Gasteiger partial charge in [-0.2, -0.15) is 0 Å². The van der Waals surface area contributed by atoms with Crippen LogP contribution in [0.4, 0.5) is 10.2 Å². The van der Waals surface area contributed by atoms with Crippen LogP contribution in [-0.4, -0.2) is 49.9 Å². The van der Waals surface area contributed by atoms with E-state index in [2.05, 4.69) is 25.3 Å². The van der Waals surface area contributed by atoms with Crippen molar-refractivity contribution in [3.63, 3.8) is 0 Å². The van der Waals surface area contributed by atoms with Crippen LogP contribution in [0.3, 0.4) is 0 Å². The van der Waals surface area contributed by atoms with Crippen molar-refractivity contribution in [1.82, 2.24) is 24.8 Å². The van der Waals surface area contributed by atoms with Gasteiger partial charge in [-0.25, -0.2) is 19.3 Å². The van der Waals surface area contributed by atoms with E-state index in [-0.39, 0.29) is 11.7 Å². The van der Waals surface area contributed by atoms with Gasteiger partial charge in [-0.1, -0.05) is 11.6 Å². The van der Waals surface area contributed by atoms with E-state index in [0.717, 1.165) is 37.5 Å². The molecule has 0 saturated carbocycles. The first-order chi connectivity index (χ1) is 13.0. The van der Waals surface area contributed by atoms with Crippen LogP contribution < -0.4 is 5.32 Å². The molecule has 1 saturated heterocycles. The van der Waals surface area contributed by atoms with E-state index < -0.39 is 11.9 Å². The van der Waals surface area contributed by atoms with Gasteiger partial charge in [0.2, 0.25) is 5.91 Å². The molecule has 2 N–H and O–H groups in total. The Morgan fingerprint density at radius 2 is 2.11 bits per heavy atom. The average Bonchev–Trinajstić information content (AvgIpc) is 3.32. The van der Waals surface area contributed by atoms with E-state index in [4.69, 9.17) is 11.6 Å². The van der Waals surface area contributed by atoms with Gasteiger partial charge in [0.15, 0.2) is 17.5 Å². The molecule has 1 amide bonds. The highest BCUT2D eigenvalue weighted by Crippen LogP contribution is 2.28. The number of amides is 1. The molecule has 1 fully saturated rings. The number of fused-ring (bicyclic) bond motifs is 1. The Balaban J connectivity index is 1.63. The quantitative estimate of drug-likeness (QED) is 0.716. The summed E-state index contributed by atoms with van der Waals surface area (Å²) in [4.78, 5) is 29.8. The van der Waals surface area contributed by atoms with Crippen molar-refractivity contribution in [2.75, 3.05) is 18.4 Å². The molecule has 0 radical (unpaired) electrons. The van der Waals surface area contributed by atoms with Gasteiger partial charge in [0.25, 0.3) is 0 Å². The lowest BCUT2D eigenvalue weighted by Gasteiger charge is -2.21. The highest BCUT2D eigenvalue weighted by atomic mass is 35.5. The molecule has 9 heteroatoms. The SMILES string of the molecule is C[C@H](Nc1nc(-c2c[nH]c3ncc(Cl)cc23)ncc1F)C(=O)N1CCCC1. The number of nitrogens with zero attached hydrogens (tertiary/aromatic N) is 4. The fraction of sp³-hybridized carbons (Fsp3) is 0.333. The number of aromatic amines is 1. The Morgan fingerprint density at radius 3 is 2.89 bits per heavy atom. The van der Waals surface area contributed by atoms with Crippen molar-refractivity contribution in [2.45, 2.75) is 25.8 Å². The largest absolute Gasteiger partial charge is 0.356 e. The highest BCUT2D eigenvalue weighted by molar-refractivity contribution is 6.31. The van der Waals surface area contributed by atoms with Gasteiger partial charge in [-0.05, 0) is 25.8 Å². The zero-order chi connectivity index (χ0) is 19.0. The van der Waals surface area contributed by atoms with Gasteiger partial charge in [-0.3, -0.25) is 4.79 Å². The van der Waals surface area contributed by atoms with Gasteiger partial charge >= 0.3 is 0 Å². The van der Waals surface area contributed by atoms with E-state index >= 15 is 0 Å². The van der Waals surface area contributed by atoms with Crippen molar-refractivity contribution < 1.29 is 9.18 Å². The Morgan fingerprint density at radius 1 is 1.33 bits per heavy atom. The Labute approximate surface area is 160 Å². The summed E-state index contributed by atoms with van der Waals surface area (Å²) in [7, 11) is 0. The summed E-state index contributed by atoms with van der Waals surface area (Å²) < 4.78 is 14.2. The monoisotopic (exact) mass is 388 g/mol. The van der Waals surface area contributed by atoms with E-state index in [1.54, 1.807) is 24.1 Å². The number of hydrogen-bond donors (Lipinski definition) is 2. The van der Waals surface area contributed by atoms with Gasteiger partial charge in [-0.15, -0.1) is 0 Å². The van der Waals surface area contributed by atoms with Crippen molar-refractivity contribution in [3.05, 3.63) is 35.5 Å². The standard InChI is InChI=1S/C18H18ClFN6O/c1-10(18(27)26-4-2-3-5-26)24-17-14(20)9-23-16(25-17)13-8-22-15-12(13)6-11(19)7-21-15/h6-10H,2-5H2,1H3,(H,21,22)(H,23,24,25)/t10-/m0/s1. The predicted molar refractivity (Wildman–Crippen MR) is 101 cm³/mol. The summed E-state index contributed by atoms with van der Waals surface area (Å²) in [5, 5.41) is 4.10. The fourth-order valence-corrected chi connectivity index (χ4v) is 3.40. The average molecular weight is 389 g/mol. The van der Waals surface area contributed by atoms with Crippen molar-refractivity contribution >= 4 is 34.4 Å². The molecule has 7 nitrogen and oxygen atoms in total. The minimum absolute atomic E-state index is 0.00983. The molecule has 27 heavy (non-hydrogen) atoms.